The molecule has 100 valence electrons. The highest BCUT2D eigenvalue weighted by molar-refractivity contribution is 5.67. The molecule has 0 aliphatic heterocycles. The van der Waals surface area contributed by atoms with Crippen LogP contribution in [0.25, 0.3) is 0 Å². The second-order valence-corrected chi connectivity index (χ2v) is 5.05. The summed E-state index contributed by atoms with van der Waals surface area (Å²) in [7, 11) is 0. The number of carbonyl (C=O) groups excluding carboxylic acids is 1. The van der Waals surface area contributed by atoms with Crippen LogP contribution in [0, 0.1) is 17.8 Å². The van der Waals surface area contributed by atoms with E-state index in [2.05, 4.69) is 11.2 Å². The second kappa shape index (κ2) is 6.29. The van der Waals surface area contributed by atoms with Gasteiger partial charge in [0.25, 0.3) is 0 Å². The number of nitrogens with one attached hydrogen (secondary N) is 1. The summed E-state index contributed by atoms with van der Waals surface area (Å²) in [6.45, 7) is 0.798. The van der Waals surface area contributed by atoms with Gasteiger partial charge in [0, 0.05) is 12.0 Å². The average molecular weight is 257 g/mol. The third kappa shape index (κ3) is 3.75. The van der Waals surface area contributed by atoms with Crippen LogP contribution < -0.4 is 5.32 Å². The third-order valence-corrected chi connectivity index (χ3v) is 3.65. The van der Waals surface area contributed by atoms with E-state index < -0.39 is 6.09 Å². The Morgan fingerprint density at radius 2 is 2.00 bits per heavy atom. The fourth-order valence-electron chi connectivity index (χ4n) is 2.44. The van der Waals surface area contributed by atoms with Crippen molar-refractivity contribution >= 4 is 6.09 Å². The molecule has 1 aromatic carbocycles. The van der Waals surface area contributed by atoms with Crippen molar-refractivity contribution in [1.82, 2.24) is 5.32 Å². The SMILES string of the molecule is C#CC1(CNC(=O)OCc2ccccc2)CCCC1. The number of carbonyl (C=O) groups is 1. The van der Waals surface area contributed by atoms with Crippen LogP contribution in [-0.4, -0.2) is 12.6 Å². The summed E-state index contributed by atoms with van der Waals surface area (Å²) < 4.78 is 5.16. The number of terminal acetylenes is 1. The van der Waals surface area contributed by atoms with Gasteiger partial charge in [-0.2, -0.15) is 0 Å². The Hall–Kier alpha value is -1.95. The largest absolute Gasteiger partial charge is 0.445 e. The Bertz CT molecular complexity index is 455. The number of hydrogen-bond donors (Lipinski definition) is 1. The highest BCUT2D eigenvalue weighted by atomic mass is 16.5. The molecule has 1 fully saturated rings. The third-order valence-electron chi connectivity index (χ3n) is 3.65. The van der Waals surface area contributed by atoms with Crippen LogP contribution >= 0.6 is 0 Å². The summed E-state index contributed by atoms with van der Waals surface area (Å²) in [6.07, 6.45) is 9.44. The summed E-state index contributed by atoms with van der Waals surface area (Å²) in [5.41, 5.74) is 0.816. The molecular formula is C16H19NO2. The standard InChI is InChI=1S/C16H19NO2/c1-2-16(10-6-7-11-16)13-17-15(18)19-12-14-8-4-3-5-9-14/h1,3-5,8-9H,6-7,10-13H2,(H,17,18). The van der Waals surface area contributed by atoms with Crippen LogP contribution in [0.2, 0.25) is 0 Å². The lowest BCUT2D eigenvalue weighted by Crippen LogP contribution is -2.35. The fraction of sp³-hybridized carbons (Fsp3) is 0.438. The molecule has 0 heterocycles. The first-order valence-electron chi connectivity index (χ1n) is 6.66. The highest BCUT2D eigenvalue weighted by Gasteiger charge is 2.32. The molecule has 1 aliphatic carbocycles. The van der Waals surface area contributed by atoms with Crippen molar-refractivity contribution in [3.63, 3.8) is 0 Å². The summed E-state index contributed by atoms with van der Waals surface area (Å²) in [6, 6.07) is 9.62. The maximum atomic E-state index is 11.6. The first-order chi connectivity index (χ1) is 9.24. The molecule has 0 saturated heterocycles. The van der Waals surface area contributed by atoms with Gasteiger partial charge < -0.3 is 10.1 Å². The van der Waals surface area contributed by atoms with Gasteiger partial charge in [0.05, 0.1) is 0 Å². The zero-order chi connectivity index (χ0) is 13.6. The van der Waals surface area contributed by atoms with Crippen molar-refractivity contribution in [3.8, 4) is 12.3 Å². The van der Waals surface area contributed by atoms with E-state index in [1.165, 1.54) is 0 Å². The van der Waals surface area contributed by atoms with Gasteiger partial charge in [-0.25, -0.2) is 4.79 Å². The van der Waals surface area contributed by atoms with Gasteiger partial charge in [0.2, 0.25) is 0 Å². The predicted molar refractivity (Wildman–Crippen MR) is 74.4 cm³/mol. The van der Waals surface area contributed by atoms with Crippen LogP contribution in [-0.2, 0) is 11.3 Å². The molecule has 1 aliphatic rings. The van der Waals surface area contributed by atoms with E-state index >= 15 is 0 Å². The molecule has 1 saturated carbocycles. The summed E-state index contributed by atoms with van der Waals surface area (Å²) in [4.78, 5) is 11.6. The first-order valence-corrected chi connectivity index (χ1v) is 6.66. The van der Waals surface area contributed by atoms with E-state index in [4.69, 9.17) is 11.2 Å². The molecule has 0 atom stereocenters. The highest BCUT2D eigenvalue weighted by Crippen LogP contribution is 2.36. The number of ether oxygens (including phenoxy) is 1. The van der Waals surface area contributed by atoms with Crippen LogP contribution in [0.1, 0.15) is 31.2 Å². The molecule has 2 rings (SSSR count). The van der Waals surface area contributed by atoms with E-state index in [-0.39, 0.29) is 12.0 Å². The van der Waals surface area contributed by atoms with Crippen LogP contribution in [0.4, 0.5) is 4.79 Å². The van der Waals surface area contributed by atoms with Crippen molar-refractivity contribution in [2.45, 2.75) is 32.3 Å². The van der Waals surface area contributed by atoms with Crippen LogP contribution in [0.3, 0.4) is 0 Å². The van der Waals surface area contributed by atoms with E-state index in [0.29, 0.717) is 6.54 Å². The van der Waals surface area contributed by atoms with E-state index in [1.807, 2.05) is 30.3 Å². The Labute approximate surface area is 114 Å². The van der Waals surface area contributed by atoms with E-state index in [0.717, 1.165) is 31.2 Å². The average Bonchev–Trinajstić information content (AvgIpc) is 2.93. The van der Waals surface area contributed by atoms with Crippen molar-refractivity contribution in [3.05, 3.63) is 35.9 Å². The van der Waals surface area contributed by atoms with Gasteiger partial charge in [-0.05, 0) is 18.4 Å². The monoisotopic (exact) mass is 257 g/mol. The van der Waals surface area contributed by atoms with Crippen molar-refractivity contribution in [2.24, 2.45) is 5.41 Å². The minimum Gasteiger partial charge on any atom is -0.445 e. The maximum absolute atomic E-state index is 11.6. The molecule has 0 spiro atoms. The van der Waals surface area contributed by atoms with Gasteiger partial charge in [-0.1, -0.05) is 49.1 Å². The Kier molecular flexibility index (Phi) is 4.46. The van der Waals surface area contributed by atoms with Crippen molar-refractivity contribution in [1.29, 1.82) is 0 Å². The van der Waals surface area contributed by atoms with Gasteiger partial charge in [-0.3, -0.25) is 0 Å². The van der Waals surface area contributed by atoms with Gasteiger partial charge in [0.1, 0.15) is 6.61 Å². The Morgan fingerprint density at radius 1 is 1.32 bits per heavy atom. The summed E-state index contributed by atoms with van der Waals surface area (Å²) in [5.74, 6) is 2.84. The van der Waals surface area contributed by atoms with Crippen molar-refractivity contribution < 1.29 is 9.53 Å². The molecule has 3 heteroatoms. The zero-order valence-electron chi connectivity index (χ0n) is 11.0. The topological polar surface area (TPSA) is 38.3 Å². The summed E-state index contributed by atoms with van der Waals surface area (Å²) >= 11 is 0. The number of hydrogen-bond acceptors (Lipinski definition) is 2. The maximum Gasteiger partial charge on any atom is 0.407 e. The molecule has 3 nitrogen and oxygen atoms in total. The molecule has 1 amide bonds. The summed E-state index contributed by atoms with van der Waals surface area (Å²) in [5, 5.41) is 2.78. The molecule has 1 aromatic rings. The second-order valence-electron chi connectivity index (χ2n) is 5.05. The molecule has 0 radical (unpaired) electrons. The minimum atomic E-state index is -0.398. The molecule has 19 heavy (non-hydrogen) atoms. The minimum absolute atomic E-state index is 0.161. The number of benzene rings is 1. The van der Waals surface area contributed by atoms with Gasteiger partial charge in [0.15, 0.2) is 0 Å². The number of amides is 1. The van der Waals surface area contributed by atoms with E-state index in [9.17, 15) is 4.79 Å². The number of alkyl carbamates (subject to hydrolysis) is 1. The lowest BCUT2D eigenvalue weighted by atomic mass is 9.87. The molecule has 0 bridgehead atoms. The van der Waals surface area contributed by atoms with Gasteiger partial charge in [-0.15, -0.1) is 6.42 Å². The normalized spacial score (nSPS) is 16.6. The molecule has 1 N–H and O–H groups in total. The molecule has 0 unspecified atom stereocenters. The smallest absolute Gasteiger partial charge is 0.407 e. The molecular weight excluding hydrogens is 238 g/mol. The Morgan fingerprint density at radius 3 is 2.63 bits per heavy atom. The van der Waals surface area contributed by atoms with Crippen LogP contribution in [0.5, 0.6) is 0 Å². The number of rotatable bonds is 4. The lowest BCUT2D eigenvalue weighted by molar-refractivity contribution is 0.136. The fourth-order valence-corrected chi connectivity index (χ4v) is 2.44. The predicted octanol–water partition coefficient (Wildman–Crippen LogP) is 3.11. The van der Waals surface area contributed by atoms with Crippen molar-refractivity contribution in [2.75, 3.05) is 6.54 Å². The first kappa shape index (κ1) is 13.5. The molecule has 0 aromatic heterocycles. The van der Waals surface area contributed by atoms with Crippen LogP contribution in [0.15, 0.2) is 30.3 Å². The quantitative estimate of drug-likeness (QED) is 0.842. The lowest BCUT2D eigenvalue weighted by Gasteiger charge is -2.22. The zero-order valence-corrected chi connectivity index (χ0v) is 11.0. The van der Waals surface area contributed by atoms with Gasteiger partial charge >= 0.3 is 6.09 Å². The Balaban J connectivity index is 1.74. The van der Waals surface area contributed by atoms with E-state index in [1.54, 1.807) is 0 Å².